The van der Waals surface area contributed by atoms with Gasteiger partial charge in [-0.25, -0.2) is 12.7 Å². The fraction of sp³-hybridized carbons (Fsp3) is 0.571. The molecule has 0 aromatic heterocycles. The molecule has 4 nitrogen and oxygen atoms in total. The highest BCUT2D eigenvalue weighted by molar-refractivity contribution is 7.89. The SMILES string of the molecule is CCCCN(C)S(=O)(=O)c1ccc(CCCO)cc1. The maximum atomic E-state index is 12.2. The standard InChI is InChI=1S/C14H23NO3S/c1-3-4-11-15(2)19(17,18)14-9-7-13(8-10-14)6-5-12-16/h7-10,16H,3-6,11-12H2,1-2H3. The Morgan fingerprint density at radius 1 is 1.16 bits per heavy atom. The van der Waals surface area contributed by atoms with Crippen LogP contribution in [-0.4, -0.2) is 38.0 Å². The van der Waals surface area contributed by atoms with Gasteiger partial charge < -0.3 is 5.11 Å². The van der Waals surface area contributed by atoms with Gasteiger partial charge >= 0.3 is 0 Å². The fourth-order valence-electron chi connectivity index (χ4n) is 1.79. The maximum absolute atomic E-state index is 12.2. The first-order valence-corrected chi connectivity index (χ1v) is 8.12. The Morgan fingerprint density at radius 3 is 2.32 bits per heavy atom. The topological polar surface area (TPSA) is 57.6 Å². The number of aryl methyl sites for hydroxylation is 1. The first-order chi connectivity index (χ1) is 9.02. The molecule has 0 aliphatic heterocycles. The van der Waals surface area contributed by atoms with Crippen LogP contribution >= 0.6 is 0 Å². The van der Waals surface area contributed by atoms with Gasteiger partial charge in [-0.1, -0.05) is 25.5 Å². The number of hydrogen-bond acceptors (Lipinski definition) is 3. The Bertz CT molecular complexity index is 468. The quantitative estimate of drug-likeness (QED) is 0.795. The zero-order chi connectivity index (χ0) is 14.3. The molecular formula is C14H23NO3S. The van der Waals surface area contributed by atoms with E-state index in [1.54, 1.807) is 19.2 Å². The summed E-state index contributed by atoms with van der Waals surface area (Å²) in [6, 6.07) is 6.92. The fourth-order valence-corrected chi connectivity index (χ4v) is 3.00. The molecule has 0 atom stereocenters. The Balaban J connectivity index is 2.78. The second kappa shape index (κ2) is 7.62. The van der Waals surface area contributed by atoms with Gasteiger partial charge in [-0.05, 0) is 37.0 Å². The largest absolute Gasteiger partial charge is 0.396 e. The average molecular weight is 285 g/mol. The van der Waals surface area contributed by atoms with E-state index >= 15 is 0 Å². The number of benzene rings is 1. The van der Waals surface area contributed by atoms with E-state index in [0.717, 1.165) is 24.8 Å². The number of nitrogens with zero attached hydrogens (tertiary/aromatic N) is 1. The van der Waals surface area contributed by atoms with E-state index in [0.29, 0.717) is 17.9 Å². The molecule has 108 valence electrons. The van der Waals surface area contributed by atoms with Gasteiger partial charge in [0.1, 0.15) is 0 Å². The molecule has 0 radical (unpaired) electrons. The van der Waals surface area contributed by atoms with E-state index in [1.807, 2.05) is 19.1 Å². The summed E-state index contributed by atoms with van der Waals surface area (Å²) < 4.78 is 25.9. The Hall–Kier alpha value is -0.910. The molecule has 0 aliphatic carbocycles. The van der Waals surface area contributed by atoms with Crippen LogP contribution in [0, 0.1) is 0 Å². The van der Waals surface area contributed by atoms with Crippen LogP contribution in [0.25, 0.3) is 0 Å². The van der Waals surface area contributed by atoms with Gasteiger partial charge in [0.25, 0.3) is 0 Å². The van der Waals surface area contributed by atoms with Crippen LogP contribution in [0.3, 0.4) is 0 Å². The van der Waals surface area contributed by atoms with Gasteiger partial charge in [0, 0.05) is 20.2 Å². The third-order valence-corrected chi connectivity index (χ3v) is 4.95. The van der Waals surface area contributed by atoms with Crippen molar-refractivity contribution < 1.29 is 13.5 Å². The lowest BCUT2D eigenvalue weighted by Crippen LogP contribution is -2.27. The summed E-state index contributed by atoms with van der Waals surface area (Å²) in [5.74, 6) is 0. The Morgan fingerprint density at radius 2 is 1.79 bits per heavy atom. The maximum Gasteiger partial charge on any atom is 0.242 e. The summed E-state index contributed by atoms with van der Waals surface area (Å²) in [5.41, 5.74) is 1.05. The predicted octanol–water partition coefficient (Wildman–Crippen LogP) is 2.03. The minimum atomic E-state index is -3.36. The lowest BCUT2D eigenvalue weighted by Gasteiger charge is -2.17. The van der Waals surface area contributed by atoms with E-state index in [2.05, 4.69) is 0 Å². The third kappa shape index (κ3) is 4.60. The molecule has 19 heavy (non-hydrogen) atoms. The zero-order valence-electron chi connectivity index (χ0n) is 11.7. The van der Waals surface area contributed by atoms with Crippen LogP contribution in [0.2, 0.25) is 0 Å². The van der Waals surface area contributed by atoms with Crippen LogP contribution in [0.1, 0.15) is 31.7 Å². The van der Waals surface area contributed by atoms with Crippen molar-refractivity contribution in [3.63, 3.8) is 0 Å². The average Bonchev–Trinajstić information content (AvgIpc) is 2.42. The smallest absolute Gasteiger partial charge is 0.242 e. The van der Waals surface area contributed by atoms with Crippen LogP contribution in [-0.2, 0) is 16.4 Å². The molecule has 0 fully saturated rings. The summed E-state index contributed by atoms with van der Waals surface area (Å²) >= 11 is 0. The van der Waals surface area contributed by atoms with Crippen LogP contribution in [0.4, 0.5) is 0 Å². The highest BCUT2D eigenvalue weighted by atomic mass is 32.2. The van der Waals surface area contributed by atoms with Crippen molar-refractivity contribution in [2.24, 2.45) is 0 Å². The number of aliphatic hydroxyl groups is 1. The summed E-state index contributed by atoms with van der Waals surface area (Å²) in [6.07, 6.45) is 3.30. The molecule has 0 aliphatic rings. The molecule has 0 unspecified atom stereocenters. The second-order valence-corrected chi connectivity index (χ2v) is 6.70. The molecule has 1 rings (SSSR count). The van der Waals surface area contributed by atoms with E-state index in [9.17, 15) is 8.42 Å². The molecule has 1 aromatic rings. The summed E-state index contributed by atoms with van der Waals surface area (Å²) in [7, 11) is -1.75. The predicted molar refractivity (Wildman–Crippen MR) is 76.6 cm³/mol. The third-order valence-electron chi connectivity index (χ3n) is 3.08. The van der Waals surface area contributed by atoms with Crippen LogP contribution in [0.5, 0.6) is 0 Å². The lowest BCUT2D eigenvalue weighted by atomic mass is 10.1. The number of aliphatic hydroxyl groups excluding tert-OH is 1. The van der Waals surface area contributed by atoms with Crippen molar-refractivity contribution >= 4 is 10.0 Å². The molecular weight excluding hydrogens is 262 g/mol. The van der Waals surface area contributed by atoms with Gasteiger partial charge in [-0.2, -0.15) is 0 Å². The van der Waals surface area contributed by atoms with Crippen molar-refractivity contribution in [1.29, 1.82) is 0 Å². The van der Waals surface area contributed by atoms with Crippen molar-refractivity contribution in [3.05, 3.63) is 29.8 Å². The number of rotatable bonds is 8. The monoisotopic (exact) mass is 285 g/mol. The first kappa shape index (κ1) is 16.1. The van der Waals surface area contributed by atoms with E-state index in [-0.39, 0.29) is 6.61 Å². The van der Waals surface area contributed by atoms with E-state index in [1.165, 1.54) is 4.31 Å². The zero-order valence-corrected chi connectivity index (χ0v) is 12.5. The number of hydrogen-bond donors (Lipinski definition) is 1. The highest BCUT2D eigenvalue weighted by Gasteiger charge is 2.19. The molecule has 0 bridgehead atoms. The van der Waals surface area contributed by atoms with Crippen molar-refractivity contribution in [1.82, 2.24) is 4.31 Å². The van der Waals surface area contributed by atoms with Gasteiger partial charge in [0.15, 0.2) is 0 Å². The molecule has 0 spiro atoms. The minimum absolute atomic E-state index is 0.153. The Kier molecular flexibility index (Phi) is 6.48. The number of sulfonamides is 1. The normalized spacial score (nSPS) is 12.0. The minimum Gasteiger partial charge on any atom is -0.396 e. The van der Waals surface area contributed by atoms with Crippen molar-refractivity contribution in [3.8, 4) is 0 Å². The van der Waals surface area contributed by atoms with Crippen LogP contribution in [0.15, 0.2) is 29.2 Å². The Labute approximate surface area is 116 Å². The molecule has 5 heteroatoms. The molecule has 0 amide bonds. The molecule has 0 saturated heterocycles. The van der Waals surface area contributed by atoms with Crippen molar-refractivity contribution in [2.45, 2.75) is 37.5 Å². The number of unbranched alkanes of at least 4 members (excludes halogenated alkanes) is 1. The van der Waals surface area contributed by atoms with Crippen molar-refractivity contribution in [2.75, 3.05) is 20.2 Å². The molecule has 0 saturated carbocycles. The van der Waals surface area contributed by atoms with E-state index in [4.69, 9.17) is 5.11 Å². The summed E-state index contributed by atoms with van der Waals surface area (Å²) in [6.45, 7) is 2.74. The van der Waals surface area contributed by atoms with Gasteiger partial charge in [-0.15, -0.1) is 0 Å². The van der Waals surface area contributed by atoms with Gasteiger partial charge in [0.2, 0.25) is 10.0 Å². The first-order valence-electron chi connectivity index (χ1n) is 6.68. The highest BCUT2D eigenvalue weighted by Crippen LogP contribution is 2.16. The van der Waals surface area contributed by atoms with Gasteiger partial charge in [0.05, 0.1) is 4.90 Å². The molecule has 1 aromatic carbocycles. The summed E-state index contributed by atoms with van der Waals surface area (Å²) in [5, 5.41) is 8.76. The van der Waals surface area contributed by atoms with Gasteiger partial charge in [-0.3, -0.25) is 0 Å². The van der Waals surface area contributed by atoms with E-state index < -0.39 is 10.0 Å². The second-order valence-electron chi connectivity index (χ2n) is 4.65. The molecule has 0 heterocycles. The summed E-state index contributed by atoms with van der Waals surface area (Å²) in [4.78, 5) is 0.332. The van der Waals surface area contributed by atoms with Crippen LogP contribution < -0.4 is 0 Å². The molecule has 1 N–H and O–H groups in total. The lowest BCUT2D eigenvalue weighted by molar-refractivity contribution is 0.288.